The second kappa shape index (κ2) is 8.23. The van der Waals surface area contributed by atoms with Crippen molar-refractivity contribution < 1.29 is 14.4 Å². The third-order valence-corrected chi connectivity index (χ3v) is 6.22. The number of fused-ring (bicyclic) bond motifs is 1. The molecule has 0 radical (unpaired) electrons. The Kier molecular flexibility index (Phi) is 5.51. The number of hydrazone groups is 1. The summed E-state index contributed by atoms with van der Waals surface area (Å²) in [6.07, 6.45) is 6.27. The molecule has 154 valence electrons. The highest BCUT2D eigenvalue weighted by molar-refractivity contribution is 5.91. The number of urea groups is 1. The SMILES string of the molecule is NC(=O)NN=C[C@@H]1CCCN1C(=O)[C@@H]1CCCN1C(=O)C1Cc2ccccc2C1. The number of primary amides is 1. The van der Waals surface area contributed by atoms with E-state index >= 15 is 0 Å². The fourth-order valence-electron chi connectivity index (χ4n) is 4.85. The van der Waals surface area contributed by atoms with E-state index in [1.54, 1.807) is 16.0 Å². The zero-order chi connectivity index (χ0) is 20.4. The van der Waals surface area contributed by atoms with Crippen LogP contribution in [0.1, 0.15) is 36.8 Å². The molecule has 2 heterocycles. The van der Waals surface area contributed by atoms with E-state index in [0.717, 1.165) is 32.1 Å². The first-order valence-electron chi connectivity index (χ1n) is 10.3. The van der Waals surface area contributed by atoms with Gasteiger partial charge in [-0.2, -0.15) is 5.10 Å². The van der Waals surface area contributed by atoms with E-state index in [1.165, 1.54) is 11.1 Å². The van der Waals surface area contributed by atoms with Crippen LogP contribution < -0.4 is 11.2 Å². The summed E-state index contributed by atoms with van der Waals surface area (Å²) >= 11 is 0. The Hall–Kier alpha value is -2.90. The number of nitrogens with zero attached hydrogens (tertiary/aromatic N) is 3. The minimum atomic E-state index is -0.734. The van der Waals surface area contributed by atoms with Crippen LogP contribution in [0.5, 0.6) is 0 Å². The maximum atomic E-state index is 13.3. The van der Waals surface area contributed by atoms with Gasteiger partial charge in [0.25, 0.3) is 0 Å². The molecule has 3 aliphatic rings. The van der Waals surface area contributed by atoms with Gasteiger partial charge in [-0.05, 0) is 49.7 Å². The van der Waals surface area contributed by atoms with E-state index in [4.69, 9.17) is 5.73 Å². The molecule has 29 heavy (non-hydrogen) atoms. The van der Waals surface area contributed by atoms with Crippen molar-refractivity contribution in [2.45, 2.75) is 50.6 Å². The predicted molar refractivity (Wildman–Crippen MR) is 108 cm³/mol. The number of nitrogens with two attached hydrogens (primary N) is 1. The summed E-state index contributed by atoms with van der Waals surface area (Å²) < 4.78 is 0. The van der Waals surface area contributed by atoms with Crippen molar-refractivity contribution in [2.75, 3.05) is 13.1 Å². The second-order valence-electron chi connectivity index (χ2n) is 8.06. The molecular weight excluding hydrogens is 370 g/mol. The molecule has 0 unspecified atom stereocenters. The van der Waals surface area contributed by atoms with Crippen molar-refractivity contribution >= 4 is 24.1 Å². The van der Waals surface area contributed by atoms with Gasteiger partial charge >= 0.3 is 6.03 Å². The Balaban J connectivity index is 1.42. The molecule has 4 amide bonds. The highest BCUT2D eigenvalue weighted by Crippen LogP contribution is 2.31. The fourth-order valence-corrected chi connectivity index (χ4v) is 4.85. The number of carbonyl (C=O) groups is 3. The van der Waals surface area contributed by atoms with Crippen molar-refractivity contribution in [3.63, 3.8) is 0 Å². The molecule has 3 N–H and O–H groups in total. The van der Waals surface area contributed by atoms with E-state index in [0.29, 0.717) is 19.5 Å². The molecule has 4 rings (SSSR count). The third kappa shape index (κ3) is 3.97. The molecule has 2 fully saturated rings. The minimum absolute atomic E-state index is 0.0145. The summed E-state index contributed by atoms with van der Waals surface area (Å²) in [4.78, 5) is 40.9. The average molecular weight is 397 g/mol. The zero-order valence-electron chi connectivity index (χ0n) is 16.4. The number of likely N-dealkylation sites (tertiary alicyclic amines) is 2. The molecule has 8 nitrogen and oxygen atoms in total. The van der Waals surface area contributed by atoms with Gasteiger partial charge in [-0.1, -0.05) is 24.3 Å². The number of hydrogen-bond donors (Lipinski definition) is 2. The largest absolute Gasteiger partial charge is 0.350 e. The molecule has 1 aliphatic carbocycles. The van der Waals surface area contributed by atoms with Crippen LogP contribution in [0.4, 0.5) is 4.79 Å². The third-order valence-electron chi connectivity index (χ3n) is 6.22. The van der Waals surface area contributed by atoms with Crippen LogP contribution in [0, 0.1) is 5.92 Å². The molecule has 1 aromatic carbocycles. The number of benzene rings is 1. The smallest absolute Gasteiger partial charge is 0.332 e. The number of rotatable bonds is 4. The predicted octanol–water partition coefficient (Wildman–Crippen LogP) is 1.04. The first-order chi connectivity index (χ1) is 14.0. The number of hydrogen-bond acceptors (Lipinski definition) is 4. The molecule has 0 bridgehead atoms. The lowest BCUT2D eigenvalue weighted by Crippen LogP contribution is -2.51. The van der Waals surface area contributed by atoms with Gasteiger partial charge in [-0.3, -0.25) is 9.59 Å². The lowest BCUT2D eigenvalue weighted by molar-refractivity contribution is -0.145. The van der Waals surface area contributed by atoms with Crippen molar-refractivity contribution in [3.8, 4) is 0 Å². The average Bonchev–Trinajstić information content (AvgIpc) is 3.44. The quantitative estimate of drug-likeness (QED) is 0.585. The molecule has 2 saturated heterocycles. The lowest BCUT2D eigenvalue weighted by atomic mass is 10.0. The standard InChI is InChI=1S/C21H27N5O3/c22-21(29)24-23-13-17-7-3-9-25(17)20(28)18-8-4-10-26(18)19(27)16-11-14-5-1-2-6-15(14)12-16/h1-2,5-6,13,16-18H,3-4,7-12H2,(H3,22,24,29)/t17-,18-/m0/s1. The normalized spacial score (nSPS) is 24.3. The van der Waals surface area contributed by atoms with E-state index in [1.807, 2.05) is 12.1 Å². The Morgan fingerprint density at radius 1 is 1.00 bits per heavy atom. The summed E-state index contributed by atoms with van der Waals surface area (Å²) in [7, 11) is 0. The molecule has 1 aromatic rings. The maximum Gasteiger partial charge on any atom is 0.332 e. The zero-order valence-corrected chi connectivity index (χ0v) is 16.4. The van der Waals surface area contributed by atoms with Crippen molar-refractivity contribution in [3.05, 3.63) is 35.4 Å². The van der Waals surface area contributed by atoms with Crippen LogP contribution in [0.25, 0.3) is 0 Å². The lowest BCUT2D eigenvalue weighted by Gasteiger charge is -2.31. The monoisotopic (exact) mass is 397 g/mol. The Morgan fingerprint density at radius 2 is 1.66 bits per heavy atom. The summed E-state index contributed by atoms with van der Waals surface area (Å²) in [5.41, 5.74) is 9.69. The van der Waals surface area contributed by atoms with Gasteiger partial charge in [0, 0.05) is 25.2 Å². The van der Waals surface area contributed by atoms with Crippen LogP contribution in [0.2, 0.25) is 0 Å². The van der Waals surface area contributed by atoms with Crippen LogP contribution in [0.15, 0.2) is 29.4 Å². The fraction of sp³-hybridized carbons (Fsp3) is 0.524. The van der Waals surface area contributed by atoms with E-state index < -0.39 is 12.1 Å². The highest BCUT2D eigenvalue weighted by atomic mass is 16.2. The molecule has 0 spiro atoms. The van der Waals surface area contributed by atoms with Gasteiger partial charge in [0.15, 0.2) is 0 Å². The number of carbonyl (C=O) groups excluding carboxylic acids is 3. The summed E-state index contributed by atoms with van der Waals surface area (Å²) in [5.74, 6) is 0.00718. The summed E-state index contributed by atoms with van der Waals surface area (Å²) in [6.45, 7) is 1.28. The van der Waals surface area contributed by atoms with Gasteiger partial charge in [0.1, 0.15) is 6.04 Å². The van der Waals surface area contributed by atoms with Gasteiger partial charge in [-0.25, -0.2) is 10.2 Å². The topological polar surface area (TPSA) is 108 Å². The summed E-state index contributed by atoms with van der Waals surface area (Å²) in [5, 5.41) is 3.83. The molecule has 0 aromatic heterocycles. The van der Waals surface area contributed by atoms with Gasteiger partial charge in [0.05, 0.1) is 6.04 Å². The van der Waals surface area contributed by atoms with E-state index in [-0.39, 0.29) is 23.8 Å². The summed E-state index contributed by atoms with van der Waals surface area (Å²) in [6, 6.07) is 6.88. The molecule has 0 saturated carbocycles. The highest BCUT2D eigenvalue weighted by Gasteiger charge is 2.42. The molecule has 2 atom stereocenters. The molecular formula is C21H27N5O3. The van der Waals surface area contributed by atoms with Gasteiger partial charge < -0.3 is 15.5 Å². The molecule has 8 heteroatoms. The van der Waals surface area contributed by atoms with Crippen LogP contribution in [0.3, 0.4) is 0 Å². The van der Waals surface area contributed by atoms with Crippen molar-refractivity contribution in [2.24, 2.45) is 16.8 Å². The minimum Gasteiger partial charge on any atom is -0.350 e. The van der Waals surface area contributed by atoms with Crippen LogP contribution >= 0.6 is 0 Å². The first-order valence-corrected chi connectivity index (χ1v) is 10.3. The van der Waals surface area contributed by atoms with Gasteiger partial charge in [-0.15, -0.1) is 0 Å². The first kappa shape index (κ1) is 19.4. The number of nitrogens with one attached hydrogen (secondary N) is 1. The Labute approximate surface area is 170 Å². The maximum absolute atomic E-state index is 13.3. The second-order valence-corrected chi connectivity index (χ2v) is 8.06. The van der Waals surface area contributed by atoms with Crippen molar-refractivity contribution in [1.82, 2.24) is 15.2 Å². The van der Waals surface area contributed by atoms with E-state index in [9.17, 15) is 14.4 Å². The van der Waals surface area contributed by atoms with Crippen LogP contribution in [-0.2, 0) is 22.4 Å². The van der Waals surface area contributed by atoms with E-state index in [2.05, 4.69) is 22.7 Å². The van der Waals surface area contributed by atoms with Crippen LogP contribution in [-0.4, -0.2) is 59.0 Å². The van der Waals surface area contributed by atoms with Crippen molar-refractivity contribution in [1.29, 1.82) is 0 Å². The van der Waals surface area contributed by atoms with Gasteiger partial charge in [0.2, 0.25) is 11.8 Å². The number of amides is 4. The molecule has 2 aliphatic heterocycles. The Bertz CT molecular complexity index is 814. The Morgan fingerprint density at radius 3 is 2.34 bits per heavy atom.